The zero-order valence-corrected chi connectivity index (χ0v) is 6.80. The highest BCUT2D eigenvalue weighted by atomic mass is 19.4. The molecule has 0 aliphatic carbocycles. The summed E-state index contributed by atoms with van der Waals surface area (Å²) < 4.78 is 36.6. The highest BCUT2D eigenvalue weighted by molar-refractivity contribution is 5.85. The molecule has 1 rings (SSSR count). The quantitative estimate of drug-likeness (QED) is 0.703. The molecule has 72 valence electrons. The van der Waals surface area contributed by atoms with Gasteiger partial charge in [-0.2, -0.15) is 18.3 Å². The van der Waals surface area contributed by atoms with Crippen LogP contribution >= 0.6 is 0 Å². The fraction of sp³-hybridized carbons (Fsp3) is 0.429. The van der Waals surface area contributed by atoms with Crippen LogP contribution in [0.4, 0.5) is 13.2 Å². The molecule has 13 heavy (non-hydrogen) atoms. The van der Waals surface area contributed by atoms with Crippen molar-refractivity contribution in [3.8, 4) is 0 Å². The molecule has 0 bridgehead atoms. The van der Waals surface area contributed by atoms with Crippen molar-refractivity contribution in [2.24, 2.45) is 7.05 Å². The molecule has 0 amide bonds. The third kappa shape index (κ3) is 2.57. The predicted molar refractivity (Wildman–Crippen MR) is 38.0 cm³/mol. The third-order valence-corrected chi connectivity index (χ3v) is 1.43. The van der Waals surface area contributed by atoms with Gasteiger partial charge in [-0.1, -0.05) is 0 Å². The number of ketones is 1. The van der Waals surface area contributed by atoms with Crippen molar-refractivity contribution >= 4 is 5.78 Å². The van der Waals surface area contributed by atoms with E-state index in [2.05, 4.69) is 5.10 Å². The monoisotopic (exact) mass is 192 g/mol. The van der Waals surface area contributed by atoms with Gasteiger partial charge in [0.05, 0.1) is 12.1 Å². The van der Waals surface area contributed by atoms with E-state index in [1.165, 1.54) is 16.9 Å². The van der Waals surface area contributed by atoms with Crippen LogP contribution in [-0.4, -0.2) is 21.7 Å². The Morgan fingerprint density at radius 1 is 1.62 bits per heavy atom. The second kappa shape index (κ2) is 3.20. The van der Waals surface area contributed by atoms with Crippen molar-refractivity contribution in [3.63, 3.8) is 0 Å². The summed E-state index contributed by atoms with van der Waals surface area (Å²) in [5, 5.41) is 3.66. The minimum absolute atomic E-state index is 0.129. The number of Topliss-reactive ketones (excluding diaryl/α,β-unsaturated/α-hetero) is 1. The van der Waals surface area contributed by atoms with Gasteiger partial charge in [-0.15, -0.1) is 0 Å². The Labute approximate surface area is 72.2 Å². The number of hydrogen-bond donors (Lipinski definition) is 0. The molecule has 0 saturated carbocycles. The number of aryl methyl sites for hydroxylation is 1. The highest BCUT2D eigenvalue weighted by Gasteiger charge is 2.38. The summed E-state index contributed by atoms with van der Waals surface area (Å²) in [7, 11) is 1.57. The van der Waals surface area contributed by atoms with Crippen LogP contribution in [0.1, 0.15) is 5.69 Å². The van der Waals surface area contributed by atoms with Crippen LogP contribution in [0.25, 0.3) is 0 Å². The molecule has 0 radical (unpaired) electrons. The van der Waals surface area contributed by atoms with Crippen molar-refractivity contribution in [3.05, 3.63) is 18.0 Å². The number of carbonyl (C=O) groups excluding carboxylic acids is 1. The Morgan fingerprint density at radius 3 is 2.62 bits per heavy atom. The number of carbonyl (C=O) groups is 1. The normalized spacial score (nSPS) is 11.7. The molecular weight excluding hydrogens is 185 g/mol. The number of rotatable bonds is 2. The molecule has 0 unspecified atom stereocenters. The zero-order chi connectivity index (χ0) is 10.1. The Balaban J connectivity index is 2.65. The minimum atomic E-state index is -4.77. The molecule has 0 saturated heterocycles. The first kappa shape index (κ1) is 9.76. The fourth-order valence-electron chi connectivity index (χ4n) is 0.822. The average molecular weight is 192 g/mol. The summed E-state index contributed by atoms with van der Waals surface area (Å²) in [5.74, 6) is -1.77. The van der Waals surface area contributed by atoms with Gasteiger partial charge in [0.15, 0.2) is 0 Å². The lowest BCUT2D eigenvalue weighted by Gasteiger charge is -2.01. The first-order chi connectivity index (χ1) is 5.89. The zero-order valence-electron chi connectivity index (χ0n) is 6.80. The molecular formula is C7H7F3N2O. The predicted octanol–water partition coefficient (Wildman–Crippen LogP) is 1.09. The van der Waals surface area contributed by atoms with Gasteiger partial charge in [0.25, 0.3) is 0 Å². The van der Waals surface area contributed by atoms with Crippen LogP contribution in [0.15, 0.2) is 12.3 Å². The van der Waals surface area contributed by atoms with Crippen LogP contribution in [-0.2, 0) is 18.3 Å². The SMILES string of the molecule is Cn1ccc(CC(=O)C(F)(F)F)n1. The van der Waals surface area contributed by atoms with Crippen molar-refractivity contribution in [2.75, 3.05) is 0 Å². The van der Waals surface area contributed by atoms with E-state index in [1.807, 2.05) is 0 Å². The number of aromatic nitrogens is 2. The van der Waals surface area contributed by atoms with E-state index >= 15 is 0 Å². The topological polar surface area (TPSA) is 34.9 Å². The number of halogens is 3. The van der Waals surface area contributed by atoms with Gasteiger partial charge in [0, 0.05) is 13.2 Å². The molecule has 0 fully saturated rings. The summed E-state index contributed by atoms with van der Waals surface area (Å²) >= 11 is 0. The first-order valence-corrected chi connectivity index (χ1v) is 3.48. The summed E-state index contributed by atoms with van der Waals surface area (Å²) in [6.45, 7) is 0. The Bertz CT molecular complexity index is 316. The van der Waals surface area contributed by atoms with Crippen LogP contribution in [0, 0.1) is 0 Å². The fourth-order valence-corrected chi connectivity index (χ4v) is 0.822. The van der Waals surface area contributed by atoms with Crippen LogP contribution < -0.4 is 0 Å². The Morgan fingerprint density at radius 2 is 2.23 bits per heavy atom. The lowest BCUT2D eigenvalue weighted by molar-refractivity contribution is -0.170. The first-order valence-electron chi connectivity index (χ1n) is 3.48. The third-order valence-electron chi connectivity index (χ3n) is 1.43. The van der Waals surface area contributed by atoms with Crippen molar-refractivity contribution in [1.29, 1.82) is 0 Å². The molecule has 3 nitrogen and oxygen atoms in total. The number of hydrogen-bond acceptors (Lipinski definition) is 2. The molecule has 0 aliphatic heterocycles. The molecule has 0 atom stereocenters. The Hall–Kier alpha value is -1.33. The molecule has 0 spiro atoms. The van der Waals surface area contributed by atoms with Gasteiger partial charge < -0.3 is 0 Å². The smallest absolute Gasteiger partial charge is 0.289 e. The summed E-state index contributed by atoms with van der Waals surface area (Å²) in [6.07, 6.45) is -3.97. The highest BCUT2D eigenvalue weighted by Crippen LogP contribution is 2.17. The molecule has 1 aromatic rings. The van der Waals surface area contributed by atoms with E-state index in [0.29, 0.717) is 0 Å². The van der Waals surface area contributed by atoms with E-state index in [1.54, 1.807) is 7.05 Å². The lowest BCUT2D eigenvalue weighted by Crippen LogP contribution is -2.24. The minimum Gasteiger partial charge on any atom is -0.289 e. The maximum atomic E-state index is 11.8. The van der Waals surface area contributed by atoms with E-state index in [9.17, 15) is 18.0 Å². The molecule has 6 heteroatoms. The number of alkyl halides is 3. The van der Waals surface area contributed by atoms with E-state index in [-0.39, 0.29) is 5.69 Å². The molecule has 1 heterocycles. The average Bonchev–Trinajstić information content (AvgIpc) is 2.33. The second-order valence-corrected chi connectivity index (χ2v) is 2.58. The summed E-state index contributed by atoms with van der Waals surface area (Å²) in [6, 6.07) is 1.38. The van der Waals surface area contributed by atoms with Gasteiger partial charge in [0.2, 0.25) is 5.78 Å². The maximum Gasteiger partial charge on any atom is 0.450 e. The van der Waals surface area contributed by atoms with E-state index in [0.717, 1.165) is 0 Å². The summed E-state index contributed by atoms with van der Waals surface area (Å²) in [5.41, 5.74) is 0.129. The second-order valence-electron chi connectivity index (χ2n) is 2.58. The van der Waals surface area contributed by atoms with Crippen molar-refractivity contribution in [2.45, 2.75) is 12.6 Å². The molecule has 0 aliphatic rings. The van der Waals surface area contributed by atoms with Gasteiger partial charge in [-0.25, -0.2) is 0 Å². The van der Waals surface area contributed by atoms with Crippen LogP contribution in [0.5, 0.6) is 0 Å². The largest absolute Gasteiger partial charge is 0.450 e. The molecule has 0 aromatic carbocycles. The molecule has 1 aromatic heterocycles. The Kier molecular flexibility index (Phi) is 2.40. The van der Waals surface area contributed by atoms with E-state index in [4.69, 9.17) is 0 Å². The van der Waals surface area contributed by atoms with Gasteiger partial charge >= 0.3 is 6.18 Å². The summed E-state index contributed by atoms with van der Waals surface area (Å²) in [4.78, 5) is 10.5. The standard InChI is InChI=1S/C7H7F3N2O/c1-12-3-2-5(11-12)4-6(13)7(8,9)10/h2-3H,4H2,1H3. The molecule has 0 N–H and O–H groups in total. The van der Waals surface area contributed by atoms with E-state index < -0.39 is 18.4 Å². The van der Waals surface area contributed by atoms with Gasteiger partial charge in [-0.05, 0) is 6.07 Å². The van der Waals surface area contributed by atoms with Crippen molar-refractivity contribution in [1.82, 2.24) is 9.78 Å². The lowest BCUT2D eigenvalue weighted by atomic mass is 10.2. The van der Waals surface area contributed by atoms with Crippen LogP contribution in [0.2, 0.25) is 0 Å². The van der Waals surface area contributed by atoms with Gasteiger partial charge in [-0.3, -0.25) is 9.48 Å². The van der Waals surface area contributed by atoms with Crippen molar-refractivity contribution < 1.29 is 18.0 Å². The number of nitrogens with zero attached hydrogens (tertiary/aromatic N) is 2. The maximum absolute atomic E-state index is 11.8. The van der Waals surface area contributed by atoms with Crippen LogP contribution in [0.3, 0.4) is 0 Å². The van der Waals surface area contributed by atoms with Gasteiger partial charge in [0.1, 0.15) is 0 Å².